The van der Waals surface area contributed by atoms with Gasteiger partial charge in [0.1, 0.15) is 17.6 Å². The van der Waals surface area contributed by atoms with E-state index in [1.165, 1.54) is 48.4 Å². The van der Waals surface area contributed by atoms with Crippen molar-refractivity contribution in [2.75, 3.05) is 20.3 Å². The van der Waals surface area contributed by atoms with E-state index in [0.29, 0.717) is 6.54 Å². The lowest BCUT2D eigenvalue weighted by atomic mass is 10.1. The molecule has 0 bridgehead atoms. The van der Waals surface area contributed by atoms with Crippen molar-refractivity contribution in [3.63, 3.8) is 0 Å². The van der Waals surface area contributed by atoms with E-state index in [1.54, 1.807) is 13.0 Å². The highest BCUT2D eigenvalue weighted by molar-refractivity contribution is 5.88. The first-order chi connectivity index (χ1) is 15.6. The highest BCUT2D eigenvalue weighted by atomic mass is 19.1. The quantitative estimate of drug-likeness (QED) is 0.406. The van der Waals surface area contributed by atoms with Gasteiger partial charge in [0.2, 0.25) is 11.7 Å². The number of halogens is 1. The summed E-state index contributed by atoms with van der Waals surface area (Å²) in [4.78, 5) is 37.3. The molecule has 10 heteroatoms. The summed E-state index contributed by atoms with van der Waals surface area (Å²) in [5, 5.41) is 13.8. The topological polar surface area (TPSA) is 111 Å². The summed E-state index contributed by atoms with van der Waals surface area (Å²) in [6.07, 6.45) is 0. The fourth-order valence-electron chi connectivity index (χ4n) is 2.97. The van der Waals surface area contributed by atoms with Gasteiger partial charge in [0.15, 0.2) is 6.61 Å². The Hall–Kier alpha value is -3.69. The zero-order valence-electron chi connectivity index (χ0n) is 19.0. The molecule has 0 aliphatic carbocycles. The van der Waals surface area contributed by atoms with Gasteiger partial charge in [0, 0.05) is 30.8 Å². The highest BCUT2D eigenvalue weighted by Gasteiger charge is 2.27. The zero-order valence-corrected chi connectivity index (χ0v) is 19.0. The predicted octanol–water partition coefficient (Wildman–Crippen LogP) is 3.31. The van der Waals surface area contributed by atoms with Crippen LogP contribution < -0.4 is 14.8 Å². The monoisotopic (exact) mass is 461 g/mol. The molecule has 0 radical (unpaired) electrons. The molecule has 1 N–H and O–H groups in total. The molecule has 178 valence electrons. The number of carbonyl (C=O) groups excluding carboxylic acids is 2. The van der Waals surface area contributed by atoms with Crippen LogP contribution in [0.1, 0.15) is 26.3 Å². The molecular formula is C23H28FN3O6. The molecule has 0 saturated carbocycles. The Balaban J connectivity index is 2.19. The maximum absolute atomic E-state index is 14.2. The Morgan fingerprint density at radius 2 is 1.88 bits per heavy atom. The molecule has 0 fully saturated rings. The largest absolute Gasteiger partial charge is 0.490 e. The van der Waals surface area contributed by atoms with E-state index in [9.17, 15) is 24.1 Å². The summed E-state index contributed by atoms with van der Waals surface area (Å²) in [6, 6.07) is 8.96. The number of nitrogens with one attached hydrogen (secondary N) is 1. The number of nitrogens with zero attached hydrogens (tertiary/aromatic N) is 2. The normalized spacial score (nSPS) is 11.6. The Kier molecular flexibility index (Phi) is 9.14. The van der Waals surface area contributed by atoms with E-state index < -0.39 is 29.3 Å². The second-order valence-corrected chi connectivity index (χ2v) is 7.81. The van der Waals surface area contributed by atoms with Crippen molar-refractivity contribution in [2.45, 2.75) is 33.4 Å². The molecule has 0 aromatic heterocycles. The van der Waals surface area contributed by atoms with Gasteiger partial charge in [-0.05, 0) is 25.0 Å². The Bertz CT molecular complexity index is 998. The van der Waals surface area contributed by atoms with Crippen molar-refractivity contribution in [1.82, 2.24) is 10.2 Å². The minimum atomic E-state index is -0.883. The molecule has 2 aromatic rings. The minimum absolute atomic E-state index is 0.0189. The summed E-state index contributed by atoms with van der Waals surface area (Å²) in [6.45, 7) is 5.29. The number of carbonyl (C=O) groups is 2. The lowest BCUT2D eigenvalue weighted by Crippen LogP contribution is -2.49. The lowest BCUT2D eigenvalue weighted by Gasteiger charge is -2.29. The Morgan fingerprint density at radius 3 is 2.48 bits per heavy atom. The Labute approximate surface area is 191 Å². The zero-order chi connectivity index (χ0) is 24.5. The molecule has 2 rings (SSSR count). The summed E-state index contributed by atoms with van der Waals surface area (Å²) in [5.41, 5.74) is 0.0131. The van der Waals surface area contributed by atoms with E-state index in [-0.39, 0.29) is 41.1 Å². The van der Waals surface area contributed by atoms with Gasteiger partial charge in [-0.1, -0.05) is 32.0 Å². The number of hydrogen-bond donors (Lipinski definition) is 1. The van der Waals surface area contributed by atoms with Gasteiger partial charge in [0.05, 0.1) is 12.0 Å². The molecule has 0 spiro atoms. The van der Waals surface area contributed by atoms with E-state index in [2.05, 4.69) is 5.32 Å². The van der Waals surface area contributed by atoms with Crippen molar-refractivity contribution in [1.29, 1.82) is 0 Å². The van der Waals surface area contributed by atoms with Crippen molar-refractivity contribution >= 4 is 17.5 Å². The molecule has 0 saturated heterocycles. The van der Waals surface area contributed by atoms with E-state index >= 15 is 0 Å². The van der Waals surface area contributed by atoms with Crippen LogP contribution in [-0.4, -0.2) is 47.9 Å². The molecular weight excluding hydrogens is 433 g/mol. The van der Waals surface area contributed by atoms with Crippen LogP contribution in [0.15, 0.2) is 42.5 Å². The molecule has 33 heavy (non-hydrogen) atoms. The third-order valence-corrected chi connectivity index (χ3v) is 4.86. The number of methoxy groups -OCH3 is 1. The third kappa shape index (κ3) is 7.16. The summed E-state index contributed by atoms with van der Waals surface area (Å²) < 4.78 is 24.7. The van der Waals surface area contributed by atoms with Crippen molar-refractivity contribution in [2.24, 2.45) is 5.92 Å². The first-order valence-corrected chi connectivity index (χ1v) is 10.4. The predicted molar refractivity (Wildman–Crippen MR) is 119 cm³/mol. The fraction of sp³-hybridized carbons (Fsp3) is 0.391. The molecule has 1 atom stereocenters. The van der Waals surface area contributed by atoms with Crippen molar-refractivity contribution in [3.8, 4) is 11.5 Å². The minimum Gasteiger partial charge on any atom is -0.490 e. The van der Waals surface area contributed by atoms with E-state index in [4.69, 9.17) is 9.47 Å². The highest BCUT2D eigenvalue weighted by Crippen LogP contribution is 2.30. The average Bonchev–Trinajstić information content (AvgIpc) is 2.79. The van der Waals surface area contributed by atoms with Crippen LogP contribution in [0.3, 0.4) is 0 Å². The van der Waals surface area contributed by atoms with Crippen LogP contribution >= 0.6 is 0 Å². The average molecular weight is 461 g/mol. The van der Waals surface area contributed by atoms with Gasteiger partial charge < -0.3 is 19.7 Å². The fourth-order valence-corrected chi connectivity index (χ4v) is 2.97. The molecule has 2 aromatic carbocycles. The number of rotatable bonds is 11. The number of nitro benzene ring substituents is 1. The maximum Gasteiger partial charge on any atom is 0.311 e. The summed E-state index contributed by atoms with van der Waals surface area (Å²) in [7, 11) is 1.28. The van der Waals surface area contributed by atoms with Gasteiger partial charge in [-0.3, -0.25) is 19.7 Å². The molecule has 9 nitrogen and oxygen atoms in total. The van der Waals surface area contributed by atoms with Crippen molar-refractivity contribution < 1.29 is 28.4 Å². The second kappa shape index (κ2) is 11.8. The van der Waals surface area contributed by atoms with Gasteiger partial charge in [-0.25, -0.2) is 4.39 Å². The molecule has 2 amide bonds. The van der Waals surface area contributed by atoms with Gasteiger partial charge in [0.25, 0.3) is 5.91 Å². The number of hydrogen-bond acceptors (Lipinski definition) is 6. The summed E-state index contributed by atoms with van der Waals surface area (Å²) in [5.74, 6) is -1.04. The lowest BCUT2D eigenvalue weighted by molar-refractivity contribution is -0.385. The number of ether oxygens (including phenoxy) is 2. The number of benzene rings is 2. The molecule has 0 aliphatic rings. The summed E-state index contributed by atoms with van der Waals surface area (Å²) >= 11 is 0. The number of nitro groups is 1. The van der Waals surface area contributed by atoms with E-state index in [0.717, 1.165) is 0 Å². The maximum atomic E-state index is 14.2. The molecule has 0 heterocycles. The van der Waals surface area contributed by atoms with Crippen LogP contribution in [0.4, 0.5) is 10.1 Å². The van der Waals surface area contributed by atoms with Crippen LogP contribution in [0.2, 0.25) is 0 Å². The van der Waals surface area contributed by atoms with Crippen molar-refractivity contribution in [3.05, 3.63) is 64.0 Å². The van der Waals surface area contributed by atoms with E-state index in [1.807, 2.05) is 13.8 Å². The SMILES string of the molecule is COc1cc(OCC(=O)N(Cc2ccccc2F)C(C)C(=O)NCC(C)C)ccc1[N+](=O)[O-]. The third-order valence-electron chi connectivity index (χ3n) is 4.86. The van der Waals surface area contributed by atoms with Gasteiger partial charge >= 0.3 is 5.69 Å². The standard InChI is InChI=1S/C23H28FN3O6/c1-15(2)12-25-23(29)16(3)26(13-17-7-5-6-8-19(17)24)22(28)14-33-18-9-10-20(27(30)31)21(11-18)32-4/h5-11,15-16H,12-14H2,1-4H3,(H,25,29). The van der Waals surface area contributed by atoms with Crippen LogP contribution in [-0.2, 0) is 16.1 Å². The smallest absolute Gasteiger partial charge is 0.311 e. The molecule has 1 unspecified atom stereocenters. The van der Waals surface area contributed by atoms with Crippen LogP contribution in [0, 0.1) is 21.8 Å². The van der Waals surface area contributed by atoms with Gasteiger partial charge in [-0.2, -0.15) is 0 Å². The Morgan fingerprint density at radius 1 is 1.18 bits per heavy atom. The molecule has 0 aliphatic heterocycles. The van der Waals surface area contributed by atoms with Gasteiger partial charge in [-0.15, -0.1) is 0 Å². The first-order valence-electron chi connectivity index (χ1n) is 10.4. The second-order valence-electron chi connectivity index (χ2n) is 7.81. The first kappa shape index (κ1) is 25.6. The van der Waals surface area contributed by atoms with Crippen LogP contribution in [0.5, 0.6) is 11.5 Å². The number of amides is 2. The van der Waals surface area contributed by atoms with Crippen LogP contribution in [0.25, 0.3) is 0 Å².